The van der Waals surface area contributed by atoms with E-state index in [1.807, 2.05) is 12.1 Å². The lowest BCUT2D eigenvalue weighted by Gasteiger charge is -2.11. The number of hydrogen-bond acceptors (Lipinski definition) is 4. The molecule has 110 valence electrons. The van der Waals surface area contributed by atoms with Gasteiger partial charge in [0.15, 0.2) is 5.82 Å². The van der Waals surface area contributed by atoms with Gasteiger partial charge in [-0.1, -0.05) is 38.1 Å². The van der Waals surface area contributed by atoms with E-state index in [1.165, 1.54) is 5.56 Å². The molecular formula is C15H18N4O2. The second-order valence-electron chi connectivity index (χ2n) is 6.02. The van der Waals surface area contributed by atoms with E-state index < -0.39 is 11.4 Å². The van der Waals surface area contributed by atoms with Crippen LogP contribution in [-0.4, -0.2) is 31.3 Å². The summed E-state index contributed by atoms with van der Waals surface area (Å²) in [5.41, 5.74) is 1.48. The number of hydrogen-bond donors (Lipinski definition) is 1. The predicted molar refractivity (Wildman–Crippen MR) is 76.6 cm³/mol. The number of carboxylic acid groups (broad SMARTS) is 1. The van der Waals surface area contributed by atoms with Crippen molar-refractivity contribution in [2.45, 2.75) is 39.2 Å². The second-order valence-corrected chi connectivity index (χ2v) is 6.02. The van der Waals surface area contributed by atoms with Gasteiger partial charge < -0.3 is 5.11 Å². The van der Waals surface area contributed by atoms with E-state index in [0.29, 0.717) is 31.1 Å². The number of tetrazole rings is 1. The molecule has 0 unspecified atom stereocenters. The Morgan fingerprint density at radius 2 is 2.00 bits per heavy atom. The molecule has 1 saturated carbocycles. The molecule has 1 fully saturated rings. The molecule has 1 aromatic carbocycles. The Kier molecular flexibility index (Phi) is 3.23. The molecule has 0 spiro atoms. The van der Waals surface area contributed by atoms with Gasteiger partial charge in [0.2, 0.25) is 0 Å². The highest BCUT2D eigenvalue weighted by Crippen LogP contribution is 2.47. The van der Waals surface area contributed by atoms with Crippen LogP contribution in [0.2, 0.25) is 0 Å². The van der Waals surface area contributed by atoms with Crippen molar-refractivity contribution in [1.82, 2.24) is 20.2 Å². The van der Waals surface area contributed by atoms with Crippen molar-refractivity contribution in [1.29, 1.82) is 0 Å². The predicted octanol–water partition coefficient (Wildman–Crippen LogP) is 2.33. The molecule has 1 N–H and O–H groups in total. The highest BCUT2D eigenvalue weighted by Gasteiger charge is 2.51. The molecule has 0 bridgehead atoms. The molecule has 3 rings (SSSR count). The minimum absolute atomic E-state index is 0.330. The summed E-state index contributed by atoms with van der Waals surface area (Å²) >= 11 is 0. The summed E-state index contributed by atoms with van der Waals surface area (Å²) in [6, 6.07) is 8.09. The summed E-state index contributed by atoms with van der Waals surface area (Å²) in [7, 11) is 0. The van der Waals surface area contributed by atoms with Crippen molar-refractivity contribution in [2.24, 2.45) is 5.41 Å². The van der Waals surface area contributed by atoms with Gasteiger partial charge in [0.25, 0.3) is 0 Å². The number of nitrogens with zero attached hydrogens (tertiary/aromatic N) is 4. The molecule has 0 amide bonds. The average molecular weight is 286 g/mol. The second kappa shape index (κ2) is 4.95. The van der Waals surface area contributed by atoms with Crippen molar-refractivity contribution in [3.63, 3.8) is 0 Å². The summed E-state index contributed by atoms with van der Waals surface area (Å²) in [6.07, 6.45) is 1.38. The molecule has 6 nitrogen and oxygen atoms in total. The third kappa shape index (κ3) is 2.53. The Morgan fingerprint density at radius 1 is 1.33 bits per heavy atom. The number of rotatable bonds is 5. The van der Waals surface area contributed by atoms with Gasteiger partial charge in [-0.05, 0) is 34.7 Å². The molecular weight excluding hydrogens is 268 g/mol. The quantitative estimate of drug-likeness (QED) is 0.912. The zero-order valence-electron chi connectivity index (χ0n) is 12.2. The molecule has 21 heavy (non-hydrogen) atoms. The van der Waals surface area contributed by atoms with Crippen LogP contribution >= 0.6 is 0 Å². The van der Waals surface area contributed by atoms with Crippen LogP contribution in [0.25, 0.3) is 11.4 Å². The SMILES string of the molecule is CC(C)c1ccc(-c2nnnn2CC2(C(=O)O)CC2)cc1. The lowest BCUT2D eigenvalue weighted by molar-refractivity contribution is -0.144. The van der Waals surface area contributed by atoms with Crippen molar-refractivity contribution < 1.29 is 9.90 Å². The molecule has 1 aliphatic carbocycles. The van der Waals surface area contributed by atoms with E-state index in [-0.39, 0.29) is 0 Å². The highest BCUT2D eigenvalue weighted by molar-refractivity contribution is 5.77. The molecule has 0 radical (unpaired) electrons. The van der Waals surface area contributed by atoms with Crippen molar-refractivity contribution >= 4 is 5.97 Å². The number of carboxylic acids is 1. The van der Waals surface area contributed by atoms with Crippen LogP contribution in [0, 0.1) is 5.41 Å². The van der Waals surface area contributed by atoms with E-state index >= 15 is 0 Å². The Morgan fingerprint density at radius 3 is 2.52 bits per heavy atom. The Labute approximate surface area is 122 Å². The zero-order valence-corrected chi connectivity index (χ0v) is 12.2. The van der Waals surface area contributed by atoms with Crippen LogP contribution in [0.4, 0.5) is 0 Å². The topological polar surface area (TPSA) is 80.9 Å². The first-order valence-electron chi connectivity index (χ1n) is 7.12. The molecule has 2 aromatic rings. The van der Waals surface area contributed by atoms with Gasteiger partial charge in [0.1, 0.15) is 0 Å². The molecule has 1 aromatic heterocycles. The van der Waals surface area contributed by atoms with Gasteiger partial charge >= 0.3 is 5.97 Å². The first-order valence-corrected chi connectivity index (χ1v) is 7.12. The zero-order chi connectivity index (χ0) is 15.0. The third-order valence-corrected chi connectivity index (χ3v) is 4.13. The van der Waals surface area contributed by atoms with E-state index in [9.17, 15) is 9.90 Å². The average Bonchev–Trinajstić information content (AvgIpc) is 3.10. The summed E-state index contributed by atoms with van der Waals surface area (Å²) in [5, 5.41) is 21.0. The maximum atomic E-state index is 11.3. The molecule has 1 aliphatic rings. The van der Waals surface area contributed by atoms with Gasteiger partial charge in [-0.2, -0.15) is 0 Å². The van der Waals surface area contributed by atoms with Gasteiger partial charge in [-0.15, -0.1) is 5.10 Å². The highest BCUT2D eigenvalue weighted by atomic mass is 16.4. The van der Waals surface area contributed by atoms with Crippen LogP contribution in [0.15, 0.2) is 24.3 Å². The Balaban J connectivity index is 1.87. The smallest absolute Gasteiger partial charge is 0.311 e. The van der Waals surface area contributed by atoms with Crippen molar-refractivity contribution in [3.05, 3.63) is 29.8 Å². The first kappa shape index (κ1) is 13.7. The molecule has 6 heteroatoms. The van der Waals surface area contributed by atoms with E-state index in [0.717, 1.165) is 5.56 Å². The summed E-state index contributed by atoms with van der Waals surface area (Å²) in [5.74, 6) is 0.328. The fourth-order valence-electron chi connectivity index (χ4n) is 2.41. The molecule has 0 atom stereocenters. The largest absolute Gasteiger partial charge is 0.481 e. The summed E-state index contributed by atoms with van der Waals surface area (Å²) in [6.45, 7) is 4.61. The normalized spacial score (nSPS) is 16.1. The van der Waals surface area contributed by atoms with Gasteiger partial charge in [0.05, 0.1) is 12.0 Å². The van der Waals surface area contributed by atoms with Gasteiger partial charge in [0, 0.05) is 5.56 Å². The maximum Gasteiger partial charge on any atom is 0.311 e. The van der Waals surface area contributed by atoms with Crippen LogP contribution < -0.4 is 0 Å². The molecule has 0 saturated heterocycles. The number of carbonyl (C=O) groups is 1. The van der Waals surface area contributed by atoms with Gasteiger partial charge in [-0.25, -0.2) is 4.68 Å². The lowest BCUT2D eigenvalue weighted by atomic mass is 10.0. The minimum Gasteiger partial charge on any atom is -0.481 e. The van der Waals surface area contributed by atoms with Crippen LogP contribution in [0.3, 0.4) is 0 Å². The first-order chi connectivity index (χ1) is 10.0. The van der Waals surface area contributed by atoms with Crippen LogP contribution in [-0.2, 0) is 11.3 Å². The Bertz CT molecular complexity index is 657. The lowest BCUT2D eigenvalue weighted by Crippen LogP contribution is -2.22. The van der Waals surface area contributed by atoms with Crippen LogP contribution in [0.1, 0.15) is 38.2 Å². The summed E-state index contributed by atoms with van der Waals surface area (Å²) in [4.78, 5) is 11.3. The fourth-order valence-corrected chi connectivity index (χ4v) is 2.41. The van der Waals surface area contributed by atoms with E-state index in [4.69, 9.17) is 0 Å². The molecule has 0 aliphatic heterocycles. The maximum absolute atomic E-state index is 11.3. The third-order valence-electron chi connectivity index (χ3n) is 4.13. The number of aliphatic carboxylic acids is 1. The van der Waals surface area contributed by atoms with E-state index in [1.54, 1.807) is 4.68 Å². The fraction of sp³-hybridized carbons (Fsp3) is 0.467. The van der Waals surface area contributed by atoms with Crippen molar-refractivity contribution in [3.8, 4) is 11.4 Å². The number of aromatic nitrogens is 4. The molecule has 1 heterocycles. The minimum atomic E-state index is -0.765. The summed E-state index contributed by atoms with van der Waals surface area (Å²) < 4.78 is 1.60. The number of benzene rings is 1. The van der Waals surface area contributed by atoms with Gasteiger partial charge in [-0.3, -0.25) is 4.79 Å². The standard InChI is InChI=1S/C15H18N4O2/c1-10(2)11-3-5-12(6-4-11)13-16-17-18-19(13)9-15(7-8-15)14(20)21/h3-6,10H,7-9H2,1-2H3,(H,20,21). The monoisotopic (exact) mass is 286 g/mol. The van der Waals surface area contributed by atoms with Crippen LogP contribution in [0.5, 0.6) is 0 Å². The Hall–Kier alpha value is -2.24. The van der Waals surface area contributed by atoms with Crippen molar-refractivity contribution in [2.75, 3.05) is 0 Å². The van der Waals surface area contributed by atoms with E-state index in [2.05, 4.69) is 41.5 Å².